The second-order valence-corrected chi connectivity index (χ2v) is 13.6. The Kier molecular flexibility index (Phi) is 7.99. The van der Waals surface area contributed by atoms with Crippen molar-refractivity contribution in [1.82, 2.24) is 29.5 Å². The maximum Gasteiger partial charge on any atom is 0.114 e. The van der Waals surface area contributed by atoms with Crippen molar-refractivity contribution >= 4 is 32.7 Å². The van der Waals surface area contributed by atoms with Crippen LogP contribution in [0, 0.1) is 0 Å². The summed E-state index contributed by atoms with van der Waals surface area (Å²) < 4.78 is 2.28. The first-order valence-corrected chi connectivity index (χ1v) is 18.5. The number of hydrogen-bond donors (Lipinski definition) is 0. The number of pyridine rings is 4. The molecule has 0 radical (unpaired) electrons. The van der Waals surface area contributed by atoms with E-state index in [1.807, 2.05) is 24.3 Å². The molecule has 0 fully saturated rings. The zero-order chi connectivity index (χ0) is 36.7. The molecule has 10 aromatic rings. The average Bonchev–Trinajstić information content (AvgIpc) is 3.66. The molecule has 5 aromatic heterocycles. The van der Waals surface area contributed by atoms with Crippen molar-refractivity contribution < 1.29 is 0 Å². The lowest BCUT2D eigenvalue weighted by Gasteiger charge is -2.13. The van der Waals surface area contributed by atoms with E-state index in [2.05, 4.69) is 149 Å². The molecule has 0 bridgehead atoms. The Balaban J connectivity index is 1.09. The molecule has 0 saturated heterocycles. The van der Waals surface area contributed by atoms with Gasteiger partial charge >= 0.3 is 0 Å². The Labute approximate surface area is 318 Å². The topological polar surface area (TPSA) is 69.4 Å². The summed E-state index contributed by atoms with van der Waals surface area (Å²) >= 11 is 0. The lowest BCUT2D eigenvalue weighted by Crippen LogP contribution is -1.99. The highest BCUT2D eigenvalue weighted by Crippen LogP contribution is 2.39. The van der Waals surface area contributed by atoms with Crippen molar-refractivity contribution in [3.63, 3.8) is 0 Å². The second kappa shape index (κ2) is 13.6. The third kappa shape index (κ3) is 5.81. The number of hydrogen-bond acceptors (Lipinski definition) is 5. The van der Waals surface area contributed by atoms with Gasteiger partial charge in [0.05, 0.1) is 33.6 Å². The van der Waals surface area contributed by atoms with E-state index >= 15 is 0 Å². The molecule has 260 valence electrons. The molecule has 5 heterocycles. The van der Waals surface area contributed by atoms with Gasteiger partial charge in [-0.3, -0.25) is 14.5 Å². The number of imidazole rings is 1. The summed E-state index contributed by atoms with van der Waals surface area (Å²) in [7, 11) is 0. The van der Waals surface area contributed by atoms with Crippen LogP contribution in [0.3, 0.4) is 0 Å². The van der Waals surface area contributed by atoms with Gasteiger partial charge in [0.25, 0.3) is 0 Å². The Hall–Kier alpha value is -7.31. The van der Waals surface area contributed by atoms with Crippen LogP contribution in [-0.4, -0.2) is 29.5 Å². The maximum absolute atomic E-state index is 5.32. The van der Waals surface area contributed by atoms with Gasteiger partial charge in [-0.1, -0.05) is 91.9 Å². The van der Waals surface area contributed by atoms with Crippen molar-refractivity contribution in [3.8, 4) is 61.7 Å². The van der Waals surface area contributed by atoms with E-state index in [0.717, 1.165) is 107 Å². The number of para-hydroxylation sites is 2. The first-order valence-electron chi connectivity index (χ1n) is 18.5. The van der Waals surface area contributed by atoms with Gasteiger partial charge in [0.1, 0.15) is 5.82 Å². The molecule has 55 heavy (non-hydrogen) atoms. The molecule has 0 aliphatic heterocycles. The molecule has 0 N–H and O–H groups in total. The minimum absolute atomic E-state index is 0.810. The standard InChI is InChI=1S/C49H34N6/c1-2-46-54-49-45(55(46)39-11-4-3-5-12-39)20-19-41-40-13-6-7-14-42(40)53-48(47(41)49)35-17-15-32(16-18-35)36-9-8-10-37(29-36)38-30-43(33-21-25-50-26-22-33)52-44(31-38)34-23-27-51-28-24-34/h3-31H,2H2,1H3. The molecule has 0 spiro atoms. The lowest BCUT2D eigenvalue weighted by molar-refractivity contribution is 0.908. The number of aryl methyl sites for hydroxylation is 1. The molecular weight excluding hydrogens is 673 g/mol. The minimum Gasteiger partial charge on any atom is -0.296 e. The fourth-order valence-corrected chi connectivity index (χ4v) is 7.68. The molecule has 10 rings (SSSR count). The van der Waals surface area contributed by atoms with Crippen LogP contribution in [0.25, 0.3) is 94.4 Å². The van der Waals surface area contributed by atoms with Crippen LogP contribution in [0.4, 0.5) is 0 Å². The fourth-order valence-electron chi connectivity index (χ4n) is 7.68. The Morgan fingerprint density at radius 3 is 1.78 bits per heavy atom. The molecule has 0 aliphatic carbocycles. The molecule has 5 aromatic carbocycles. The first kappa shape index (κ1) is 32.3. The molecule has 0 unspecified atom stereocenters. The van der Waals surface area contributed by atoms with Crippen LogP contribution in [0.1, 0.15) is 12.7 Å². The zero-order valence-corrected chi connectivity index (χ0v) is 30.1. The number of aromatic nitrogens is 6. The molecule has 0 amide bonds. The van der Waals surface area contributed by atoms with Gasteiger partial charge in [0, 0.05) is 64.4 Å². The number of fused-ring (bicyclic) bond motifs is 5. The van der Waals surface area contributed by atoms with Crippen molar-refractivity contribution in [2.24, 2.45) is 0 Å². The highest BCUT2D eigenvalue weighted by Gasteiger charge is 2.19. The van der Waals surface area contributed by atoms with Gasteiger partial charge in [-0.15, -0.1) is 0 Å². The molecule has 0 saturated carbocycles. The second-order valence-electron chi connectivity index (χ2n) is 13.6. The van der Waals surface area contributed by atoms with Crippen molar-refractivity contribution in [3.05, 3.63) is 182 Å². The van der Waals surface area contributed by atoms with Crippen LogP contribution in [0.5, 0.6) is 0 Å². The van der Waals surface area contributed by atoms with Crippen molar-refractivity contribution in [2.45, 2.75) is 13.3 Å². The zero-order valence-electron chi connectivity index (χ0n) is 30.1. The van der Waals surface area contributed by atoms with Gasteiger partial charge < -0.3 is 0 Å². The van der Waals surface area contributed by atoms with E-state index in [1.54, 1.807) is 24.8 Å². The summed E-state index contributed by atoms with van der Waals surface area (Å²) in [5, 5.41) is 3.35. The summed E-state index contributed by atoms with van der Waals surface area (Å²) in [5.41, 5.74) is 14.4. The van der Waals surface area contributed by atoms with Crippen LogP contribution in [0.15, 0.2) is 176 Å². The third-order valence-electron chi connectivity index (χ3n) is 10.4. The Morgan fingerprint density at radius 2 is 1.09 bits per heavy atom. The van der Waals surface area contributed by atoms with Gasteiger partial charge in [0.2, 0.25) is 0 Å². The predicted molar refractivity (Wildman–Crippen MR) is 224 cm³/mol. The Bertz CT molecular complexity index is 2940. The summed E-state index contributed by atoms with van der Waals surface area (Å²) in [4.78, 5) is 24.1. The normalized spacial score (nSPS) is 11.4. The largest absolute Gasteiger partial charge is 0.296 e. The molecule has 6 nitrogen and oxygen atoms in total. The smallest absolute Gasteiger partial charge is 0.114 e. The summed E-state index contributed by atoms with van der Waals surface area (Å²) in [5.74, 6) is 1.03. The van der Waals surface area contributed by atoms with E-state index in [1.165, 1.54) is 0 Å². The van der Waals surface area contributed by atoms with E-state index in [9.17, 15) is 0 Å². The van der Waals surface area contributed by atoms with Crippen LogP contribution in [0.2, 0.25) is 0 Å². The summed E-state index contributed by atoms with van der Waals surface area (Å²) in [6.07, 6.45) is 8.03. The minimum atomic E-state index is 0.810. The molecule has 0 atom stereocenters. The van der Waals surface area contributed by atoms with Crippen molar-refractivity contribution in [2.75, 3.05) is 0 Å². The van der Waals surface area contributed by atoms with Gasteiger partial charge in [-0.25, -0.2) is 15.0 Å². The maximum atomic E-state index is 5.32. The van der Waals surface area contributed by atoms with Gasteiger partial charge in [0.15, 0.2) is 0 Å². The van der Waals surface area contributed by atoms with Crippen LogP contribution < -0.4 is 0 Å². The number of rotatable bonds is 7. The third-order valence-corrected chi connectivity index (χ3v) is 10.4. The number of benzene rings is 5. The van der Waals surface area contributed by atoms with E-state index in [4.69, 9.17) is 15.0 Å². The Morgan fingerprint density at radius 1 is 0.455 bits per heavy atom. The summed E-state index contributed by atoms with van der Waals surface area (Å²) in [6, 6.07) is 53.2. The highest BCUT2D eigenvalue weighted by atomic mass is 15.1. The molecular formula is C49H34N6. The quantitative estimate of drug-likeness (QED) is 0.154. The van der Waals surface area contributed by atoms with E-state index in [0.29, 0.717) is 0 Å². The lowest BCUT2D eigenvalue weighted by atomic mass is 9.95. The van der Waals surface area contributed by atoms with E-state index < -0.39 is 0 Å². The molecule has 6 heteroatoms. The molecule has 0 aliphatic rings. The highest BCUT2D eigenvalue weighted by molar-refractivity contribution is 6.20. The van der Waals surface area contributed by atoms with Gasteiger partial charge in [-0.2, -0.15) is 0 Å². The van der Waals surface area contributed by atoms with Crippen molar-refractivity contribution in [1.29, 1.82) is 0 Å². The van der Waals surface area contributed by atoms with Crippen LogP contribution in [-0.2, 0) is 6.42 Å². The predicted octanol–water partition coefficient (Wildman–Crippen LogP) is 11.8. The average molecular weight is 707 g/mol. The first-order chi connectivity index (χ1) is 27.2. The van der Waals surface area contributed by atoms with Crippen LogP contribution >= 0.6 is 0 Å². The fraction of sp³-hybridized carbons (Fsp3) is 0.0408. The monoisotopic (exact) mass is 706 g/mol. The SMILES string of the molecule is CCc1nc2c3c(-c4ccc(-c5cccc(-c6cc(-c7ccncc7)nc(-c7ccncc7)c6)c5)cc4)nc4ccccc4c3ccc2n1-c1ccccc1. The number of nitrogens with zero attached hydrogens (tertiary/aromatic N) is 6. The van der Waals surface area contributed by atoms with Gasteiger partial charge in [-0.05, 0) is 94.4 Å². The summed E-state index contributed by atoms with van der Waals surface area (Å²) in [6.45, 7) is 2.17. The van der Waals surface area contributed by atoms with E-state index in [-0.39, 0.29) is 0 Å².